The van der Waals surface area contributed by atoms with E-state index in [4.69, 9.17) is 0 Å². The number of carbonyl (C=O) groups excluding carboxylic acids is 2. The van der Waals surface area contributed by atoms with Crippen molar-refractivity contribution >= 4 is 34.2 Å². The highest BCUT2D eigenvalue weighted by molar-refractivity contribution is 6.10. The number of hydrogen-bond donors (Lipinski definition) is 2. The molecule has 1 saturated carbocycles. The quantitative estimate of drug-likeness (QED) is 0.388. The van der Waals surface area contributed by atoms with Crippen LogP contribution in [-0.4, -0.2) is 62.5 Å². The number of pyridine rings is 2. The number of phenols is 1. The summed E-state index contributed by atoms with van der Waals surface area (Å²) in [6.45, 7) is 5.18. The number of carbonyl (C=O) groups is 2. The van der Waals surface area contributed by atoms with Crippen LogP contribution in [0.1, 0.15) is 19.4 Å². The second kappa shape index (κ2) is 8.29. The van der Waals surface area contributed by atoms with E-state index in [-0.39, 0.29) is 35.5 Å². The molecular weight excluding hydrogens is 522 g/mol. The molecule has 0 spiro atoms. The predicted octanol–water partition coefficient (Wildman–Crippen LogP) is 3.17. The maximum absolute atomic E-state index is 15.6. The smallest absolute Gasteiger partial charge is 0.278 e. The number of phenolic OH excluding ortho intramolecular Hbond substituents is 1. The lowest BCUT2D eigenvalue weighted by Gasteiger charge is -2.48. The van der Waals surface area contributed by atoms with Gasteiger partial charge in [0.05, 0.1) is 17.8 Å². The van der Waals surface area contributed by atoms with Crippen molar-refractivity contribution in [2.75, 3.05) is 23.3 Å². The van der Waals surface area contributed by atoms with Crippen LogP contribution in [0.15, 0.2) is 41.7 Å². The number of amides is 2. The molecule has 13 heteroatoms. The zero-order valence-electron chi connectivity index (χ0n) is 20.4. The molecule has 1 aliphatic carbocycles. The molecule has 6 rings (SSSR count). The molecule has 3 aliphatic rings. The van der Waals surface area contributed by atoms with Gasteiger partial charge in [0.25, 0.3) is 11.5 Å². The highest BCUT2D eigenvalue weighted by Gasteiger charge is 2.60. The Morgan fingerprint density at radius 1 is 1.23 bits per heavy atom. The van der Waals surface area contributed by atoms with Crippen molar-refractivity contribution in [3.05, 3.63) is 58.9 Å². The van der Waals surface area contributed by atoms with Gasteiger partial charge in [-0.2, -0.15) is 0 Å². The molecular formula is C26H21F4N5O4. The van der Waals surface area contributed by atoms with Crippen molar-refractivity contribution < 1.29 is 32.3 Å². The molecule has 2 aliphatic heterocycles. The molecule has 39 heavy (non-hydrogen) atoms. The Kier molecular flexibility index (Phi) is 5.29. The largest absolute Gasteiger partial charge is 0.507 e. The van der Waals surface area contributed by atoms with E-state index in [0.29, 0.717) is 4.57 Å². The van der Waals surface area contributed by atoms with Crippen LogP contribution >= 0.6 is 0 Å². The Bertz CT molecular complexity index is 1650. The topological polar surface area (TPSA) is 108 Å². The monoisotopic (exact) mass is 543 g/mol. The third kappa shape index (κ3) is 3.59. The molecule has 2 amide bonds. The van der Waals surface area contributed by atoms with Crippen molar-refractivity contribution in [3.8, 4) is 17.0 Å². The summed E-state index contributed by atoms with van der Waals surface area (Å²) in [5.41, 5.74) is -2.84. The normalized spacial score (nSPS) is 23.2. The maximum atomic E-state index is 15.6. The van der Waals surface area contributed by atoms with Crippen molar-refractivity contribution in [3.63, 3.8) is 0 Å². The highest BCUT2D eigenvalue weighted by Crippen LogP contribution is 2.54. The molecule has 4 heterocycles. The fourth-order valence-electron chi connectivity index (χ4n) is 5.47. The van der Waals surface area contributed by atoms with E-state index in [1.54, 1.807) is 6.92 Å². The molecule has 1 aromatic carbocycles. The SMILES string of the molecule is C=CC(=O)N1C[C@@H]2C(=O)Nc3c(c4cc(F)c(-c5c(O)cccc5F)nc4n([C@H]4CC4(F)F)c3=O)N2C[C@H]1C. The minimum absolute atomic E-state index is 0.0558. The fraction of sp³-hybridized carbons (Fsp3) is 0.308. The molecule has 202 valence electrons. The second-order valence-corrected chi connectivity index (χ2v) is 9.90. The van der Waals surface area contributed by atoms with Gasteiger partial charge in [0.1, 0.15) is 40.7 Å². The van der Waals surface area contributed by atoms with Gasteiger partial charge in [-0.3, -0.25) is 19.0 Å². The van der Waals surface area contributed by atoms with E-state index < -0.39 is 76.5 Å². The summed E-state index contributed by atoms with van der Waals surface area (Å²) in [5, 5.41) is 12.6. The van der Waals surface area contributed by atoms with Crippen LogP contribution in [0.25, 0.3) is 22.3 Å². The van der Waals surface area contributed by atoms with Crippen LogP contribution in [-0.2, 0) is 9.59 Å². The van der Waals surface area contributed by atoms with Gasteiger partial charge in [0.15, 0.2) is 5.82 Å². The number of benzene rings is 1. The minimum atomic E-state index is -3.26. The number of nitrogens with zero attached hydrogens (tertiary/aromatic N) is 4. The molecule has 0 bridgehead atoms. The van der Waals surface area contributed by atoms with E-state index in [0.717, 1.165) is 24.3 Å². The molecule has 2 N–H and O–H groups in total. The Labute approximate surface area is 218 Å². The van der Waals surface area contributed by atoms with Crippen LogP contribution in [0.3, 0.4) is 0 Å². The summed E-state index contributed by atoms with van der Waals surface area (Å²) in [7, 11) is 0. The number of fused-ring (bicyclic) bond motifs is 5. The van der Waals surface area contributed by atoms with Crippen molar-refractivity contribution in [1.82, 2.24) is 14.5 Å². The van der Waals surface area contributed by atoms with Gasteiger partial charge in [-0.1, -0.05) is 12.6 Å². The zero-order valence-corrected chi connectivity index (χ0v) is 20.4. The maximum Gasteiger partial charge on any atom is 0.278 e. The summed E-state index contributed by atoms with van der Waals surface area (Å²) < 4.78 is 59.5. The number of anilines is 2. The number of aromatic hydroxyl groups is 1. The Morgan fingerprint density at radius 2 is 1.95 bits per heavy atom. The Morgan fingerprint density at radius 3 is 2.59 bits per heavy atom. The minimum Gasteiger partial charge on any atom is -0.507 e. The van der Waals surface area contributed by atoms with Crippen molar-refractivity contribution in [2.24, 2.45) is 0 Å². The number of nitrogens with one attached hydrogen (secondary N) is 1. The lowest BCUT2D eigenvalue weighted by molar-refractivity contribution is -0.130. The number of piperazine rings is 1. The van der Waals surface area contributed by atoms with E-state index in [9.17, 15) is 32.7 Å². The first-order chi connectivity index (χ1) is 18.4. The number of hydrogen-bond acceptors (Lipinski definition) is 6. The van der Waals surface area contributed by atoms with Crippen molar-refractivity contribution in [2.45, 2.75) is 37.4 Å². The van der Waals surface area contributed by atoms with Gasteiger partial charge in [0, 0.05) is 24.4 Å². The Balaban J connectivity index is 1.63. The second-order valence-electron chi connectivity index (χ2n) is 9.90. The van der Waals surface area contributed by atoms with E-state index in [2.05, 4.69) is 16.9 Å². The standard InChI is InChI=1S/C26H21F4N5O4/c1-3-18(37)33-10-15-24(38)32-21-22(34(15)9-11(33)2)12-7-14(28)20(19-13(27)5-4-6-16(19)36)31-23(12)35(25(21)39)17-8-26(17,29)30/h3-7,11,15,17,36H,1,8-10H2,2H3,(H,32,38)/t11-,15-,17+/m1/s1. The van der Waals surface area contributed by atoms with Crippen molar-refractivity contribution in [1.29, 1.82) is 0 Å². The first-order valence-corrected chi connectivity index (χ1v) is 12.1. The number of alkyl halides is 2. The molecule has 0 unspecified atom stereocenters. The summed E-state index contributed by atoms with van der Waals surface area (Å²) in [5.74, 6) is -7.02. The lowest BCUT2D eigenvalue weighted by atomic mass is 9.99. The molecule has 2 fully saturated rings. The number of halogens is 4. The summed E-state index contributed by atoms with van der Waals surface area (Å²) in [6.07, 6.45) is 0.430. The first-order valence-electron chi connectivity index (χ1n) is 12.1. The average molecular weight is 543 g/mol. The third-order valence-electron chi connectivity index (χ3n) is 7.48. The lowest BCUT2D eigenvalue weighted by Crippen LogP contribution is -2.64. The van der Waals surface area contributed by atoms with Gasteiger partial charge >= 0.3 is 0 Å². The average Bonchev–Trinajstić information content (AvgIpc) is 3.51. The number of rotatable bonds is 3. The Hall–Kier alpha value is -4.42. The number of aromatic nitrogens is 2. The van der Waals surface area contributed by atoms with E-state index in [1.807, 2.05) is 0 Å². The molecule has 3 aromatic rings. The van der Waals surface area contributed by atoms with Crippen LogP contribution in [0, 0.1) is 11.6 Å². The van der Waals surface area contributed by atoms with Gasteiger partial charge in [-0.25, -0.2) is 22.5 Å². The molecule has 9 nitrogen and oxygen atoms in total. The predicted molar refractivity (Wildman–Crippen MR) is 133 cm³/mol. The fourth-order valence-corrected chi connectivity index (χ4v) is 5.47. The summed E-state index contributed by atoms with van der Waals surface area (Å²) in [4.78, 5) is 46.2. The molecule has 3 atom stereocenters. The summed E-state index contributed by atoms with van der Waals surface area (Å²) in [6, 6.07) is 1.17. The molecule has 0 radical (unpaired) electrons. The van der Waals surface area contributed by atoms with Gasteiger partial charge < -0.3 is 20.2 Å². The van der Waals surface area contributed by atoms with E-state index in [1.165, 1.54) is 15.9 Å². The van der Waals surface area contributed by atoms with E-state index >= 15 is 4.39 Å². The zero-order chi connectivity index (χ0) is 28.0. The van der Waals surface area contributed by atoms with Gasteiger partial charge in [-0.15, -0.1) is 0 Å². The third-order valence-corrected chi connectivity index (χ3v) is 7.48. The first kappa shape index (κ1) is 24.9. The van der Waals surface area contributed by atoms with Crippen LogP contribution in [0.5, 0.6) is 5.75 Å². The molecule has 1 saturated heterocycles. The van der Waals surface area contributed by atoms with Gasteiger partial charge in [0.2, 0.25) is 11.8 Å². The summed E-state index contributed by atoms with van der Waals surface area (Å²) >= 11 is 0. The molecule has 2 aromatic heterocycles. The van der Waals surface area contributed by atoms with Crippen LogP contribution in [0.4, 0.5) is 28.9 Å². The van der Waals surface area contributed by atoms with Gasteiger partial charge in [-0.05, 0) is 31.2 Å². The van der Waals surface area contributed by atoms with Crippen LogP contribution < -0.4 is 15.8 Å². The highest BCUT2D eigenvalue weighted by atomic mass is 19.3. The van der Waals surface area contributed by atoms with Crippen LogP contribution in [0.2, 0.25) is 0 Å².